The molecule has 0 aliphatic heterocycles. The molecule has 0 amide bonds. The Morgan fingerprint density at radius 3 is 2.94 bits per heavy atom. The molecule has 88 valence electrons. The Balaban J connectivity index is 2.33. The van der Waals surface area contributed by atoms with Crippen LogP contribution >= 0.6 is 0 Å². The number of rotatable bonds is 3. The molecule has 2 heterocycles. The van der Waals surface area contributed by atoms with Gasteiger partial charge >= 0.3 is 5.97 Å². The van der Waals surface area contributed by atoms with Crippen LogP contribution in [0.4, 0.5) is 0 Å². The smallest absolute Gasteiger partial charge is 0.313 e. The van der Waals surface area contributed by atoms with Crippen molar-refractivity contribution in [2.75, 3.05) is 7.11 Å². The monoisotopic (exact) mass is 231 g/mol. The van der Waals surface area contributed by atoms with Gasteiger partial charge in [0.2, 0.25) is 0 Å². The van der Waals surface area contributed by atoms with Gasteiger partial charge in [-0.05, 0) is 25.1 Å². The first-order chi connectivity index (χ1) is 8.19. The van der Waals surface area contributed by atoms with E-state index in [1.807, 2.05) is 31.3 Å². The maximum Gasteiger partial charge on any atom is 0.313 e. The Bertz CT molecular complexity index is 521. The van der Waals surface area contributed by atoms with Gasteiger partial charge < -0.3 is 9.72 Å². The van der Waals surface area contributed by atoms with E-state index in [-0.39, 0.29) is 12.4 Å². The van der Waals surface area contributed by atoms with Gasteiger partial charge in [0.1, 0.15) is 12.2 Å². The summed E-state index contributed by atoms with van der Waals surface area (Å²) in [6.07, 6.45) is 1.92. The first-order valence-corrected chi connectivity index (χ1v) is 5.24. The molecule has 0 aromatic carbocycles. The van der Waals surface area contributed by atoms with Crippen LogP contribution in [0.5, 0.6) is 0 Å². The fourth-order valence-corrected chi connectivity index (χ4v) is 1.54. The molecule has 2 aromatic heterocycles. The number of H-pyrrole nitrogens is 1. The summed E-state index contributed by atoms with van der Waals surface area (Å²) in [6.45, 7) is 1.87. The molecule has 2 aromatic rings. The average molecular weight is 231 g/mol. The van der Waals surface area contributed by atoms with Crippen molar-refractivity contribution in [3.8, 4) is 11.4 Å². The number of nitrogens with zero attached hydrogens (tertiary/aromatic N) is 2. The van der Waals surface area contributed by atoms with Crippen LogP contribution in [0.2, 0.25) is 0 Å². The zero-order chi connectivity index (χ0) is 12.3. The summed E-state index contributed by atoms with van der Waals surface area (Å²) in [7, 11) is 1.35. The van der Waals surface area contributed by atoms with Crippen molar-refractivity contribution in [1.29, 1.82) is 0 Å². The number of esters is 1. The van der Waals surface area contributed by atoms with E-state index >= 15 is 0 Å². The van der Waals surface area contributed by atoms with Gasteiger partial charge in [0.25, 0.3) is 0 Å². The molecule has 0 atom stereocenters. The molecule has 0 saturated heterocycles. The third-order valence-corrected chi connectivity index (χ3v) is 2.30. The quantitative estimate of drug-likeness (QED) is 0.813. The van der Waals surface area contributed by atoms with Crippen molar-refractivity contribution >= 4 is 5.97 Å². The lowest BCUT2D eigenvalue weighted by Crippen LogP contribution is -2.09. The Morgan fingerprint density at radius 1 is 1.47 bits per heavy atom. The number of aromatic nitrogens is 3. The van der Waals surface area contributed by atoms with Crippen LogP contribution in [-0.2, 0) is 16.0 Å². The first-order valence-electron chi connectivity index (χ1n) is 5.24. The zero-order valence-corrected chi connectivity index (χ0v) is 9.73. The van der Waals surface area contributed by atoms with E-state index in [9.17, 15) is 4.79 Å². The number of nitrogens with one attached hydrogen (secondary N) is 1. The number of aryl methyl sites for hydroxylation is 1. The molecule has 0 radical (unpaired) electrons. The predicted molar refractivity (Wildman–Crippen MR) is 62.3 cm³/mol. The maximum atomic E-state index is 11.2. The molecule has 0 saturated carbocycles. The molecule has 0 aliphatic rings. The van der Waals surface area contributed by atoms with Crippen molar-refractivity contribution in [3.05, 3.63) is 35.9 Å². The second-order valence-corrected chi connectivity index (χ2v) is 3.65. The zero-order valence-electron chi connectivity index (χ0n) is 9.73. The normalized spacial score (nSPS) is 10.2. The Labute approximate surface area is 98.9 Å². The fourth-order valence-electron chi connectivity index (χ4n) is 1.54. The lowest BCUT2D eigenvalue weighted by molar-refractivity contribution is -0.139. The van der Waals surface area contributed by atoms with Crippen LogP contribution in [0.25, 0.3) is 11.4 Å². The first kappa shape index (κ1) is 11.3. The van der Waals surface area contributed by atoms with Gasteiger partial charge in [-0.1, -0.05) is 0 Å². The number of carbonyl (C=O) groups is 1. The molecule has 0 bridgehead atoms. The largest absolute Gasteiger partial charge is 0.469 e. The lowest BCUT2D eigenvalue weighted by atomic mass is 10.2. The molecular formula is C12H13N3O2. The molecule has 0 spiro atoms. The van der Waals surface area contributed by atoms with Crippen molar-refractivity contribution in [1.82, 2.24) is 15.0 Å². The van der Waals surface area contributed by atoms with Gasteiger partial charge in [-0.25, -0.2) is 9.97 Å². The SMILES string of the molecule is COC(=O)Cc1nc(C)cc(-c2ccc[nH]2)n1. The molecule has 2 rings (SSSR count). The minimum Gasteiger partial charge on any atom is -0.469 e. The van der Waals surface area contributed by atoms with Crippen LogP contribution in [0.1, 0.15) is 11.5 Å². The third-order valence-electron chi connectivity index (χ3n) is 2.30. The maximum absolute atomic E-state index is 11.2. The summed E-state index contributed by atoms with van der Waals surface area (Å²) in [5.41, 5.74) is 2.51. The van der Waals surface area contributed by atoms with Crippen molar-refractivity contribution in [2.45, 2.75) is 13.3 Å². The van der Waals surface area contributed by atoms with E-state index in [2.05, 4.69) is 19.7 Å². The summed E-state index contributed by atoms with van der Waals surface area (Å²) in [4.78, 5) is 22.8. The molecule has 0 unspecified atom stereocenters. The highest BCUT2D eigenvalue weighted by Gasteiger charge is 2.09. The number of ether oxygens (including phenoxy) is 1. The predicted octanol–water partition coefficient (Wildman–Crippen LogP) is 1.50. The summed E-state index contributed by atoms with van der Waals surface area (Å²) < 4.78 is 4.60. The van der Waals surface area contributed by atoms with Gasteiger partial charge in [-0.3, -0.25) is 4.79 Å². The Hall–Kier alpha value is -2.17. The van der Waals surface area contributed by atoms with Crippen LogP contribution in [0.15, 0.2) is 24.4 Å². The highest BCUT2D eigenvalue weighted by Crippen LogP contribution is 2.15. The molecule has 5 nitrogen and oxygen atoms in total. The molecule has 0 aliphatic carbocycles. The van der Waals surface area contributed by atoms with Gasteiger partial charge in [-0.15, -0.1) is 0 Å². The summed E-state index contributed by atoms with van der Waals surface area (Å²) >= 11 is 0. The van der Waals surface area contributed by atoms with Gasteiger partial charge in [-0.2, -0.15) is 0 Å². The summed E-state index contributed by atoms with van der Waals surface area (Å²) in [6, 6.07) is 5.68. The minimum absolute atomic E-state index is 0.0892. The number of hydrogen-bond donors (Lipinski definition) is 1. The van der Waals surface area contributed by atoms with Crippen molar-refractivity contribution < 1.29 is 9.53 Å². The van der Waals surface area contributed by atoms with Crippen molar-refractivity contribution in [3.63, 3.8) is 0 Å². The fraction of sp³-hybridized carbons (Fsp3) is 0.250. The van der Waals surface area contributed by atoms with Crippen LogP contribution in [0.3, 0.4) is 0 Å². The molecule has 5 heteroatoms. The van der Waals surface area contributed by atoms with Crippen molar-refractivity contribution in [2.24, 2.45) is 0 Å². The van der Waals surface area contributed by atoms with E-state index < -0.39 is 0 Å². The lowest BCUT2D eigenvalue weighted by Gasteiger charge is -2.04. The molecule has 0 fully saturated rings. The van der Waals surface area contributed by atoms with Gasteiger partial charge in [0.15, 0.2) is 0 Å². The van der Waals surface area contributed by atoms with E-state index in [1.165, 1.54) is 7.11 Å². The number of aromatic amines is 1. The second-order valence-electron chi connectivity index (χ2n) is 3.65. The van der Waals surface area contributed by atoms with E-state index in [0.717, 1.165) is 17.1 Å². The molecule has 1 N–H and O–H groups in total. The van der Waals surface area contributed by atoms with Crippen LogP contribution in [0, 0.1) is 6.92 Å². The van der Waals surface area contributed by atoms with E-state index in [1.54, 1.807) is 0 Å². The summed E-state index contributed by atoms with van der Waals surface area (Å²) in [5, 5.41) is 0. The number of carbonyl (C=O) groups excluding carboxylic acids is 1. The topological polar surface area (TPSA) is 67.9 Å². The van der Waals surface area contributed by atoms with E-state index in [0.29, 0.717) is 5.82 Å². The van der Waals surface area contributed by atoms with Gasteiger partial charge in [0, 0.05) is 11.9 Å². The number of hydrogen-bond acceptors (Lipinski definition) is 4. The average Bonchev–Trinajstić information content (AvgIpc) is 2.81. The van der Waals surface area contributed by atoms with Gasteiger partial charge in [0.05, 0.1) is 18.5 Å². The highest BCUT2D eigenvalue weighted by molar-refractivity contribution is 5.71. The third kappa shape index (κ3) is 2.69. The van der Waals surface area contributed by atoms with Crippen LogP contribution < -0.4 is 0 Å². The molecule has 17 heavy (non-hydrogen) atoms. The second kappa shape index (κ2) is 4.78. The van der Waals surface area contributed by atoms with E-state index in [4.69, 9.17) is 0 Å². The standard InChI is InChI=1S/C12H13N3O2/c1-8-6-10(9-4-3-5-13-9)15-11(14-8)7-12(16)17-2/h3-6,13H,7H2,1-2H3. The Kier molecular flexibility index (Phi) is 3.18. The van der Waals surface area contributed by atoms with Crippen LogP contribution in [-0.4, -0.2) is 28.0 Å². The Morgan fingerprint density at radius 2 is 2.29 bits per heavy atom. The number of methoxy groups -OCH3 is 1. The highest BCUT2D eigenvalue weighted by atomic mass is 16.5. The summed E-state index contributed by atoms with van der Waals surface area (Å²) in [5.74, 6) is 0.134. The minimum atomic E-state index is -0.340. The molecular weight excluding hydrogens is 218 g/mol.